The molecule has 4 heteroatoms. The molecule has 3 fully saturated rings. The van der Waals surface area contributed by atoms with Crippen molar-refractivity contribution >= 4 is 0 Å². The number of morpholine rings is 2. The fourth-order valence-electron chi connectivity index (χ4n) is 3.74. The van der Waals surface area contributed by atoms with Gasteiger partial charge in [-0.1, -0.05) is 30.3 Å². The smallest absolute Gasteiger partial charge is 0.0895 e. The molecule has 1 aromatic carbocycles. The highest BCUT2D eigenvalue weighted by molar-refractivity contribution is 5.22. The molecule has 1 aromatic rings. The van der Waals surface area contributed by atoms with Crippen LogP contribution in [0.25, 0.3) is 0 Å². The molecule has 0 bridgehead atoms. The van der Waals surface area contributed by atoms with Crippen LogP contribution in [-0.4, -0.2) is 61.4 Å². The SMILES string of the molecule is c1ccc(C2N3CCOC[C@@H]3[C@H]3COCCN23)cc1. The van der Waals surface area contributed by atoms with Crippen LogP contribution in [0.2, 0.25) is 0 Å². The Labute approximate surface area is 113 Å². The Morgan fingerprint density at radius 1 is 0.842 bits per heavy atom. The number of nitrogens with zero attached hydrogens (tertiary/aromatic N) is 2. The van der Waals surface area contributed by atoms with E-state index in [1.165, 1.54) is 5.56 Å². The number of benzene rings is 1. The van der Waals surface area contributed by atoms with Crippen LogP contribution in [0.3, 0.4) is 0 Å². The summed E-state index contributed by atoms with van der Waals surface area (Å²) in [7, 11) is 0. The molecule has 0 spiro atoms. The summed E-state index contributed by atoms with van der Waals surface area (Å²) < 4.78 is 11.4. The molecule has 0 unspecified atom stereocenters. The molecule has 3 aliphatic rings. The minimum absolute atomic E-state index is 0.406. The maximum absolute atomic E-state index is 5.69. The van der Waals surface area contributed by atoms with Gasteiger partial charge in [0.25, 0.3) is 0 Å². The molecule has 0 radical (unpaired) electrons. The Bertz CT molecular complexity index is 417. The van der Waals surface area contributed by atoms with E-state index in [1.807, 2.05) is 0 Å². The van der Waals surface area contributed by atoms with Crippen LogP contribution in [0.15, 0.2) is 30.3 Å². The number of rotatable bonds is 1. The lowest BCUT2D eigenvalue weighted by molar-refractivity contribution is -0.0167. The van der Waals surface area contributed by atoms with E-state index in [0.717, 1.165) is 39.5 Å². The van der Waals surface area contributed by atoms with Gasteiger partial charge in [0, 0.05) is 13.1 Å². The van der Waals surface area contributed by atoms with Crippen molar-refractivity contribution in [1.82, 2.24) is 9.80 Å². The van der Waals surface area contributed by atoms with E-state index in [9.17, 15) is 0 Å². The van der Waals surface area contributed by atoms with Crippen LogP contribution < -0.4 is 0 Å². The predicted molar refractivity (Wildman–Crippen MR) is 71.8 cm³/mol. The Kier molecular flexibility index (Phi) is 3.04. The Balaban J connectivity index is 1.71. The minimum Gasteiger partial charge on any atom is -0.378 e. The van der Waals surface area contributed by atoms with E-state index in [2.05, 4.69) is 40.1 Å². The van der Waals surface area contributed by atoms with Crippen LogP contribution in [0.1, 0.15) is 11.7 Å². The zero-order valence-electron chi connectivity index (χ0n) is 11.1. The minimum atomic E-state index is 0.406. The molecule has 3 saturated heterocycles. The third-order valence-electron chi connectivity index (χ3n) is 4.59. The monoisotopic (exact) mass is 260 g/mol. The fraction of sp³-hybridized carbons (Fsp3) is 0.600. The topological polar surface area (TPSA) is 24.9 Å². The third kappa shape index (κ3) is 1.91. The highest BCUT2D eigenvalue weighted by atomic mass is 16.5. The maximum Gasteiger partial charge on any atom is 0.0895 e. The zero-order chi connectivity index (χ0) is 12.7. The summed E-state index contributed by atoms with van der Waals surface area (Å²) in [5.74, 6) is 0. The molecule has 0 saturated carbocycles. The van der Waals surface area contributed by atoms with Crippen molar-refractivity contribution in [2.45, 2.75) is 18.2 Å². The summed E-state index contributed by atoms with van der Waals surface area (Å²) in [6.45, 7) is 5.43. The molecule has 4 nitrogen and oxygen atoms in total. The van der Waals surface area contributed by atoms with E-state index in [0.29, 0.717) is 18.2 Å². The lowest BCUT2D eigenvalue weighted by Gasteiger charge is -2.34. The highest BCUT2D eigenvalue weighted by Gasteiger charge is 2.49. The van der Waals surface area contributed by atoms with Gasteiger partial charge >= 0.3 is 0 Å². The van der Waals surface area contributed by atoms with Gasteiger partial charge in [0.15, 0.2) is 0 Å². The van der Waals surface area contributed by atoms with Crippen LogP contribution in [0, 0.1) is 0 Å². The summed E-state index contributed by atoms with van der Waals surface area (Å²) in [4.78, 5) is 5.22. The first kappa shape index (κ1) is 11.9. The van der Waals surface area contributed by atoms with Gasteiger partial charge in [-0.25, -0.2) is 0 Å². The van der Waals surface area contributed by atoms with Crippen molar-refractivity contribution in [3.63, 3.8) is 0 Å². The first-order chi connectivity index (χ1) is 9.45. The summed E-state index contributed by atoms with van der Waals surface area (Å²) in [6, 6.07) is 11.8. The van der Waals surface area contributed by atoms with E-state index in [4.69, 9.17) is 9.47 Å². The Morgan fingerprint density at radius 2 is 1.42 bits per heavy atom. The van der Waals surface area contributed by atoms with Gasteiger partial charge in [-0.2, -0.15) is 0 Å². The van der Waals surface area contributed by atoms with Crippen LogP contribution in [0.5, 0.6) is 0 Å². The van der Waals surface area contributed by atoms with Crippen LogP contribution >= 0.6 is 0 Å². The van der Waals surface area contributed by atoms with Crippen molar-refractivity contribution in [1.29, 1.82) is 0 Å². The second-order valence-corrected chi connectivity index (χ2v) is 5.54. The molecule has 2 atom stereocenters. The van der Waals surface area contributed by atoms with Crippen molar-refractivity contribution in [3.8, 4) is 0 Å². The second-order valence-electron chi connectivity index (χ2n) is 5.54. The summed E-state index contributed by atoms with van der Waals surface area (Å²) in [6.07, 6.45) is 0.406. The molecule has 19 heavy (non-hydrogen) atoms. The fourth-order valence-corrected chi connectivity index (χ4v) is 3.74. The van der Waals surface area contributed by atoms with Crippen LogP contribution in [-0.2, 0) is 9.47 Å². The molecule has 3 heterocycles. The Hall–Kier alpha value is -0.940. The largest absolute Gasteiger partial charge is 0.378 e. The lowest BCUT2D eigenvalue weighted by atomic mass is 10.1. The summed E-state index contributed by atoms with van der Waals surface area (Å²) in [5, 5.41) is 0. The molecule has 4 rings (SSSR count). The molecular formula is C15H20N2O2. The molecule has 3 aliphatic heterocycles. The second kappa shape index (κ2) is 4.87. The average molecular weight is 260 g/mol. The third-order valence-corrected chi connectivity index (χ3v) is 4.59. The van der Waals surface area contributed by atoms with Crippen LogP contribution in [0.4, 0.5) is 0 Å². The molecule has 0 aromatic heterocycles. The summed E-state index contributed by atoms with van der Waals surface area (Å²) >= 11 is 0. The highest BCUT2D eigenvalue weighted by Crippen LogP contribution is 2.39. The van der Waals surface area contributed by atoms with Crippen molar-refractivity contribution in [2.24, 2.45) is 0 Å². The number of hydrogen-bond donors (Lipinski definition) is 0. The van der Waals surface area contributed by atoms with Gasteiger partial charge in [0.1, 0.15) is 0 Å². The normalized spacial score (nSPS) is 33.1. The standard InChI is InChI=1S/C15H20N2O2/c1-2-4-12(5-3-1)15-16-6-8-18-10-13(16)14-11-19-9-7-17(14)15/h1-5,13-15H,6-11H2/t13-,14-/m1/s1. The van der Waals surface area contributed by atoms with Gasteiger partial charge in [-0.3, -0.25) is 9.80 Å². The number of ether oxygens (including phenoxy) is 2. The Morgan fingerprint density at radius 3 is 2.00 bits per heavy atom. The predicted octanol–water partition coefficient (Wildman–Crippen LogP) is 1.10. The first-order valence-corrected chi connectivity index (χ1v) is 7.17. The zero-order valence-corrected chi connectivity index (χ0v) is 11.1. The first-order valence-electron chi connectivity index (χ1n) is 7.17. The summed E-state index contributed by atoms with van der Waals surface area (Å²) in [5.41, 5.74) is 1.40. The van der Waals surface area contributed by atoms with E-state index in [-0.39, 0.29) is 0 Å². The van der Waals surface area contributed by atoms with Crippen molar-refractivity contribution in [3.05, 3.63) is 35.9 Å². The van der Waals surface area contributed by atoms with Gasteiger partial charge in [0.2, 0.25) is 0 Å². The maximum atomic E-state index is 5.69. The molecule has 102 valence electrons. The van der Waals surface area contributed by atoms with E-state index < -0.39 is 0 Å². The van der Waals surface area contributed by atoms with Gasteiger partial charge in [-0.15, -0.1) is 0 Å². The quantitative estimate of drug-likeness (QED) is 0.755. The van der Waals surface area contributed by atoms with Gasteiger partial charge < -0.3 is 9.47 Å². The van der Waals surface area contributed by atoms with Crippen molar-refractivity contribution in [2.75, 3.05) is 39.5 Å². The molecule has 0 N–H and O–H groups in total. The van der Waals surface area contributed by atoms with Crippen molar-refractivity contribution < 1.29 is 9.47 Å². The average Bonchev–Trinajstić information content (AvgIpc) is 2.83. The van der Waals surface area contributed by atoms with E-state index in [1.54, 1.807) is 0 Å². The molecule has 0 aliphatic carbocycles. The van der Waals surface area contributed by atoms with E-state index >= 15 is 0 Å². The molecular weight excluding hydrogens is 240 g/mol. The lowest BCUT2D eigenvalue weighted by Crippen LogP contribution is -2.49. The van der Waals surface area contributed by atoms with Gasteiger partial charge in [-0.05, 0) is 5.56 Å². The van der Waals surface area contributed by atoms with Gasteiger partial charge in [0.05, 0.1) is 44.7 Å². The number of fused-ring (bicyclic) bond motifs is 3. The molecule has 0 amide bonds. The number of hydrogen-bond acceptors (Lipinski definition) is 4.